The molecule has 2 aliphatic heterocycles. The van der Waals surface area contributed by atoms with Gasteiger partial charge in [0.15, 0.2) is 0 Å². The summed E-state index contributed by atoms with van der Waals surface area (Å²) in [4.78, 5) is 49.9. The quantitative estimate of drug-likeness (QED) is 0.678. The standard InChI is InChI=1S/C14H18N4O5/c1-8-11(13(21)16-23-8)12(20)15-9-5-18(6-9)14(22)10-3-2-4-17(10)7-19/h7,9-10H,2-6H2,1H3,(H,15,20)(H,16,21). The van der Waals surface area contributed by atoms with E-state index in [0.29, 0.717) is 32.5 Å². The number of aromatic amines is 1. The maximum absolute atomic E-state index is 12.3. The Labute approximate surface area is 131 Å². The number of rotatable bonds is 4. The zero-order chi connectivity index (χ0) is 16.6. The molecule has 2 saturated heterocycles. The topological polar surface area (TPSA) is 116 Å². The van der Waals surface area contributed by atoms with E-state index in [2.05, 4.69) is 10.5 Å². The second-order valence-electron chi connectivity index (χ2n) is 5.88. The number of aromatic nitrogens is 1. The zero-order valence-electron chi connectivity index (χ0n) is 12.7. The number of hydrogen-bond acceptors (Lipinski definition) is 5. The third kappa shape index (κ3) is 2.73. The number of amides is 3. The van der Waals surface area contributed by atoms with Crippen LogP contribution >= 0.6 is 0 Å². The lowest BCUT2D eigenvalue weighted by molar-refractivity contribution is -0.143. The van der Waals surface area contributed by atoms with Crippen LogP contribution in [0.5, 0.6) is 0 Å². The van der Waals surface area contributed by atoms with E-state index in [4.69, 9.17) is 4.52 Å². The predicted molar refractivity (Wildman–Crippen MR) is 77.7 cm³/mol. The molecule has 9 nitrogen and oxygen atoms in total. The number of hydrogen-bond donors (Lipinski definition) is 2. The van der Waals surface area contributed by atoms with Crippen molar-refractivity contribution in [2.24, 2.45) is 0 Å². The van der Waals surface area contributed by atoms with Crippen molar-refractivity contribution in [2.45, 2.75) is 31.8 Å². The van der Waals surface area contributed by atoms with Crippen molar-refractivity contribution in [1.82, 2.24) is 20.3 Å². The van der Waals surface area contributed by atoms with Crippen LogP contribution in [0.1, 0.15) is 29.0 Å². The Bertz CT molecular complexity index is 688. The van der Waals surface area contributed by atoms with Crippen molar-refractivity contribution in [3.63, 3.8) is 0 Å². The van der Waals surface area contributed by atoms with E-state index >= 15 is 0 Å². The highest BCUT2D eigenvalue weighted by Crippen LogP contribution is 2.20. The van der Waals surface area contributed by atoms with Crippen molar-refractivity contribution in [3.05, 3.63) is 21.7 Å². The van der Waals surface area contributed by atoms with Crippen molar-refractivity contribution in [3.8, 4) is 0 Å². The molecule has 1 unspecified atom stereocenters. The summed E-state index contributed by atoms with van der Waals surface area (Å²) in [6.45, 7) is 2.89. The Morgan fingerprint density at radius 2 is 2.13 bits per heavy atom. The van der Waals surface area contributed by atoms with Gasteiger partial charge in [0.1, 0.15) is 17.4 Å². The van der Waals surface area contributed by atoms with E-state index in [-0.39, 0.29) is 29.3 Å². The normalized spacial score (nSPS) is 21.2. The van der Waals surface area contributed by atoms with Gasteiger partial charge in [0.2, 0.25) is 12.3 Å². The van der Waals surface area contributed by atoms with Crippen molar-refractivity contribution >= 4 is 18.2 Å². The first kappa shape index (κ1) is 15.3. The molecule has 1 aromatic heterocycles. The second kappa shape index (κ2) is 5.90. The van der Waals surface area contributed by atoms with Crippen molar-refractivity contribution in [2.75, 3.05) is 19.6 Å². The maximum Gasteiger partial charge on any atom is 0.293 e. The summed E-state index contributed by atoms with van der Waals surface area (Å²) in [6, 6.07) is -0.589. The average Bonchev–Trinajstić information content (AvgIpc) is 3.08. The highest BCUT2D eigenvalue weighted by Gasteiger charge is 2.39. The highest BCUT2D eigenvalue weighted by molar-refractivity contribution is 5.95. The summed E-state index contributed by atoms with van der Waals surface area (Å²) < 4.78 is 4.80. The largest absolute Gasteiger partial charge is 0.383 e. The molecule has 0 bridgehead atoms. The number of aryl methyl sites for hydroxylation is 1. The zero-order valence-corrected chi connectivity index (χ0v) is 12.7. The lowest BCUT2D eigenvalue weighted by atomic mass is 10.1. The number of nitrogens with zero attached hydrogens (tertiary/aromatic N) is 2. The molecule has 0 aromatic carbocycles. The van der Waals surface area contributed by atoms with E-state index in [9.17, 15) is 19.2 Å². The van der Waals surface area contributed by atoms with Gasteiger partial charge in [-0.2, -0.15) is 5.16 Å². The van der Waals surface area contributed by atoms with Gasteiger partial charge in [-0.15, -0.1) is 0 Å². The van der Waals surface area contributed by atoms with Crippen LogP contribution < -0.4 is 10.9 Å². The lowest BCUT2D eigenvalue weighted by Gasteiger charge is -2.41. The fourth-order valence-corrected chi connectivity index (χ4v) is 3.05. The molecule has 2 aliphatic rings. The molecular formula is C14H18N4O5. The van der Waals surface area contributed by atoms with E-state index in [1.54, 1.807) is 4.90 Å². The number of carbonyl (C=O) groups is 3. The Kier molecular flexibility index (Phi) is 3.93. The Balaban J connectivity index is 1.53. The van der Waals surface area contributed by atoms with E-state index < -0.39 is 11.5 Å². The van der Waals surface area contributed by atoms with Crippen LogP contribution in [0.3, 0.4) is 0 Å². The highest BCUT2D eigenvalue weighted by atomic mass is 16.5. The molecule has 0 aliphatic carbocycles. The van der Waals surface area contributed by atoms with Gasteiger partial charge in [-0.1, -0.05) is 0 Å². The van der Waals surface area contributed by atoms with E-state index in [0.717, 1.165) is 6.42 Å². The summed E-state index contributed by atoms with van der Waals surface area (Å²) in [6.07, 6.45) is 2.21. The van der Waals surface area contributed by atoms with Crippen LogP contribution in [0.4, 0.5) is 0 Å². The molecule has 3 amide bonds. The SMILES string of the molecule is Cc1o[nH]c(=O)c1C(=O)NC1CN(C(=O)C2CCCN2C=O)C1. The molecule has 1 aromatic rings. The summed E-state index contributed by atoms with van der Waals surface area (Å²) in [5.74, 6) is -0.366. The smallest absolute Gasteiger partial charge is 0.293 e. The summed E-state index contributed by atoms with van der Waals surface area (Å²) in [5, 5.41) is 4.81. The fraction of sp³-hybridized carbons (Fsp3) is 0.571. The van der Waals surface area contributed by atoms with E-state index in [1.165, 1.54) is 11.8 Å². The molecule has 3 heterocycles. The number of nitrogens with one attached hydrogen (secondary N) is 2. The van der Waals surface area contributed by atoms with Crippen LogP contribution in [-0.2, 0) is 9.59 Å². The molecule has 124 valence electrons. The molecule has 0 radical (unpaired) electrons. The van der Waals surface area contributed by atoms with Gasteiger partial charge in [0, 0.05) is 19.6 Å². The summed E-state index contributed by atoms with van der Waals surface area (Å²) in [7, 11) is 0. The minimum atomic E-state index is -0.570. The van der Waals surface area contributed by atoms with Crippen LogP contribution in [0.2, 0.25) is 0 Å². The predicted octanol–water partition coefficient (Wildman–Crippen LogP) is -1.16. The summed E-state index contributed by atoms with van der Waals surface area (Å²) >= 11 is 0. The van der Waals surface area contributed by atoms with Gasteiger partial charge in [0.25, 0.3) is 11.5 Å². The third-order valence-corrected chi connectivity index (χ3v) is 4.35. The summed E-state index contributed by atoms with van der Waals surface area (Å²) in [5.41, 5.74) is -0.613. The Hall–Kier alpha value is -2.58. The van der Waals surface area contributed by atoms with Gasteiger partial charge < -0.3 is 19.6 Å². The molecule has 0 spiro atoms. The van der Waals surface area contributed by atoms with Gasteiger partial charge in [-0.05, 0) is 19.8 Å². The molecule has 9 heteroatoms. The van der Waals surface area contributed by atoms with Gasteiger partial charge in [0.05, 0.1) is 6.04 Å². The van der Waals surface area contributed by atoms with Gasteiger partial charge in [-0.25, -0.2) is 0 Å². The fourth-order valence-electron chi connectivity index (χ4n) is 3.05. The maximum atomic E-state index is 12.3. The molecule has 2 fully saturated rings. The third-order valence-electron chi connectivity index (χ3n) is 4.35. The van der Waals surface area contributed by atoms with Gasteiger partial charge in [-0.3, -0.25) is 19.2 Å². The molecular weight excluding hydrogens is 304 g/mol. The van der Waals surface area contributed by atoms with Crippen LogP contribution in [0.25, 0.3) is 0 Å². The minimum Gasteiger partial charge on any atom is -0.383 e. The average molecular weight is 322 g/mol. The number of H-pyrrole nitrogens is 1. The Morgan fingerprint density at radius 1 is 1.39 bits per heavy atom. The van der Waals surface area contributed by atoms with Gasteiger partial charge >= 0.3 is 0 Å². The number of carbonyl (C=O) groups excluding carboxylic acids is 3. The molecule has 0 saturated carbocycles. The molecule has 2 N–H and O–H groups in total. The molecule has 3 rings (SSSR count). The van der Waals surface area contributed by atoms with Crippen LogP contribution in [-0.4, -0.2) is 64.9 Å². The first-order valence-electron chi connectivity index (χ1n) is 7.50. The minimum absolute atomic E-state index is 0.0438. The second-order valence-corrected chi connectivity index (χ2v) is 5.88. The van der Waals surface area contributed by atoms with E-state index in [1.807, 2.05) is 0 Å². The molecule has 1 atom stereocenters. The first-order valence-corrected chi connectivity index (χ1v) is 7.50. The Morgan fingerprint density at radius 3 is 2.74 bits per heavy atom. The number of likely N-dealkylation sites (tertiary alicyclic amines) is 2. The van der Waals surface area contributed by atoms with Crippen LogP contribution in [0.15, 0.2) is 9.32 Å². The van der Waals surface area contributed by atoms with Crippen molar-refractivity contribution < 1.29 is 18.9 Å². The van der Waals surface area contributed by atoms with Crippen LogP contribution in [0, 0.1) is 6.92 Å². The molecule has 23 heavy (non-hydrogen) atoms. The monoisotopic (exact) mass is 322 g/mol. The first-order chi connectivity index (χ1) is 11.0. The van der Waals surface area contributed by atoms with Crippen molar-refractivity contribution in [1.29, 1.82) is 0 Å². The lowest BCUT2D eigenvalue weighted by Crippen LogP contribution is -2.63.